The highest BCUT2D eigenvalue weighted by molar-refractivity contribution is 6.01. The lowest BCUT2D eigenvalue weighted by Gasteiger charge is -2.18. The van der Waals surface area contributed by atoms with Crippen LogP contribution in [0.3, 0.4) is 0 Å². The minimum Gasteiger partial charge on any atom is -0.505 e. The Labute approximate surface area is 104 Å². The standard InChI is InChI=1S/C12H14N2O4/c1-18-12(17)8-3-2-4-9(11(8)16)14-6-7(13)5-10(14)15/h2-4,7,16H,5-6,13H2,1H3. The molecule has 1 aliphatic rings. The summed E-state index contributed by atoms with van der Waals surface area (Å²) in [5.41, 5.74) is 6.01. The number of hydrogen-bond donors (Lipinski definition) is 2. The van der Waals surface area contributed by atoms with Gasteiger partial charge in [-0.3, -0.25) is 4.79 Å². The number of rotatable bonds is 2. The molecule has 2 rings (SSSR count). The highest BCUT2D eigenvalue weighted by atomic mass is 16.5. The molecule has 1 saturated heterocycles. The molecular formula is C12H14N2O4. The minimum absolute atomic E-state index is 0.0308. The number of phenolic OH excluding ortho intramolecular Hbond substituents is 1. The molecule has 1 aromatic rings. The second kappa shape index (κ2) is 4.66. The van der Waals surface area contributed by atoms with Gasteiger partial charge in [-0.25, -0.2) is 4.79 Å². The average Bonchev–Trinajstić information content (AvgIpc) is 2.68. The number of benzene rings is 1. The van der Waals surface area contributed by atoms with Crippen LogP contribution in [0.4, 0.5) is 5.69 Å². The molecule has 0 radical (unpaired) electrons. The first-order valence-corrected chi connectivity index (χ1v) is 5.51. The number of methoxy groups -OCH3 is 1. The van der Waals surface area contributed by atoms with E-state index in [0.29, 0.717) is 6.54 Å². The Balaban J connectivity index is 2.40. The van der Waals surface area contributed by atoms with Crippen molar-refractivity contribution in [3.8, 4) is 5.75 Å². The van der Waals surface area contributed by atoms with E-state index in [2.05, 4.69) is 4.74 Å². The van der Waals surface area contributed by atoms with E-state index in [4.69, 9.17) is 5.73 Å². The van der Waals surface area contributed by atoms with E-state index >= 15 is 0 Å². The molecule has 1 atom stereocenters. The van der Waals surface area contributed by atoms with Gasteiger partial charge < -0.3 is 20.5 Å². The van der Waals surface area contributed by atoms with Gasteiger partial charge in [-0.2, -0.15) is 0 Å². The normalized spacial score (nSPS) is 19.1. The largest absolute Gasteiger partial charge is 0.505 e. The first-order valence-electron chi connectivity index (χ1n) is 5.51. The molecule has 1 aliphatic heterocycles. The predicted molar refractivity (Wildman–Crippen MR) is 64.4 cm³/mol. The van der Waals surface area contributed by atoms with E-state index in [1.54, 1.807) is 12.1 Å². The maximum Gasteiger partial charge on any atom is 0.341 e. The van der Waals surface area contributed by atoms with E-state index < -0.39 is 5.97 Å². The first kappa shape index (κ1) is 12.4. The first-order chi connectivity index (χ1) is 8.54. The highest BCUT2D eigenvalue weighted by Gasteiger charge is 2.30. The van der Waals surface area contributed by atoms with E-state index in [-0.39, 0.29) is 35.4 Å². The van der Waals surface area contributed by atoms with Crippen LogP contribution in [0.15, 0.2) is 18.2 Å². The minimum atomic E-state index is -0.648. The van der Waals surface area contributed by atoms with Crippen LogP contribution < -0.4 is 10.6 Å². The lowest BCUT2D eigenvalue weighted by molar-refractivity contribution is -0.117. The maximum absolute atomic E-state index is 11.7. The Morgan fingerprint density at radius 3 is 2.83 bits per heavy atom. The van der Waals surface area contributed by atoms with Crippen molar-refractivity contribution in [1.29, 1.82) is 0 Å². The number of nitrogens with zero attached hydrogens (tertiary/aromatic N) is 1. The summed E-state index contributed by atoms with van der Waals surface area (Å²) in [5.74, 6) is -1.07. The highest BCUT2D eigenvalue weighted by Crippen LogP contribution is 2.33. The van der Waals surface area contributed by atoms with Crippen molar-refractivity contribution in [2.75, 3.05) is 18.6 Å². The monoisotopic (exact) mass is 250 g/mol. The Hall–Kier alpha value is -2.08. The molecule has 1 fully saturated rings. The van der Waals surface area contributed by atoms with Crippen LogP contribution in [0.25, 0.3) is 0 Å². The molecule has 0 aliphatic carbocycles. The number of hydrogen-bond acceptors (Lipinski definition) is 5. The van der Waals surface area contributed by atoms with Crippen LogP contribution in [0.5, 0.6) is 5.75 Å². The van der Waals surface area contributed by atoms with Crippen molar-refractivity contribution in [1.82, 2.24) is 0 Å². The van der Waals surface area contributed by atoms with Gasteiger partial charge in [0.05, 0.1) is 12.8 Å². The van der Waals surface area contributed by atoms with Crippen LogP contribution in [0, 0.1) is 0 Å². The van der Waals surface area contributed by atoms with Gasteiger partial charge in [0.2, 0.25) is 5.91 Å². The van der Waals surface area contributed by atoms with Gasteiger partial charge in [-0.15, -0.1) is 0 Å². The van der Waals surface area contributed by atoms with Gasteiger partial charge in [0.25, 0.3) is 0 Å². The van der Waals surface area contributed by atoms with E-state index in [0.717, 1.165) is 0 Å². The van der Waals surface area contributed by atoms with Gasteiger partial charge in [-0.1, -0.05) is 6.07 Å². The topological polar surface area (TPSA) is 92.9 Å². The molecule has 1 unspecified atom stereocenters. The van der Waals surface area contributed by atoms with Gasteiger partial charge in [0, 0.05) is 19.0 Å². The summed E-state index contributed by atoms with van der Waals surface area (Å²) in [6.45, 7) is 0.330. The number of phenols is 1. The molecule has 1 amide bonds. The number of nitrogens with two attached hydrogens (primary N) is 1. The fourth-order valence-corrected chi connectivity index (χ4v) is 1.99. The molecule has 96 valence electrons. The summed E-state index contributed by atoms with van der Waals surface area (Å²) < 4.78 is 4.56. The van der Waals surface area contributed by atoms with Crippen LogP contribution >= 0.6 is 0 Å². The fraction of sp³-hybridized carbons (Fsp3) is 0.333. The number of carbonyl (C=O) groups is 2. The summed E-state index contributed by atoms with van der Waals surface area (Å²) in [7, 11) is 1.23. The third-order valence-electron chi connectivity index (χ3n) is 2.87. The van der Waals surface area contributed by atoms with Crippen LogP contribution in [0.2, 0.25) is 0 Å². The fourth-order valence-electron chi connectivity index (χ4n) is 1.99. The smallest absolute Gasteiger partial charge is 0.341 e. The van der Waals surface area contributed by atoms with E-state index in [1.807, 2.05) is 0 Å². The number of aromatic hydroxyl groups is 1. The zero-order valence-corrected chi connectivity index (χ0v) is 9.92. The van der Waals surface area contributed by atoms with Crippen molar-refractivity contribution in [2.45, 2.75) is 12.5 Å². The summed E-state index contributed by atoms with van der Waals surface area (Å²) in [6, 6.07) is 4.33. The van der Waals surface area contributed by atoms with Crippen LogP contribution in [-0.4, -0.2) is 36.7 Å². The second-order valence-electron chi connectivity index (χ2n) is 4.13. The molecule has 6 heteroatoms. The average molecular weight is 250 g/mol. The van der Waals surface area contributed by atoms with Crippen molar-refractivity contribution in [2.24, 2.45) is 5.73 Å². The number of esters is 1. The van der Waals surface area contributed by atoms with E-state index in [9.17, 15) is 14.7 Å². The van der Waals surface area contributed by atoms with Crippen molar-refractivity contribution in [3.63, 3.8) is 0 Å². The van der Waals surface area contributed by atoms with Gasteiger partial charge in [0.15, 0.2) is 5.75 Å². The Morgan fingerprint density at radius 2 is 2.28 bits per heavy atom. The SMILES string of the molecule is COC(=O)c1cccc(N2CC(N)CC2=O)c1O. The quantitative estimate of drug-likeness (QED) is 0.733. The predicted octanol–water partition coefficient (Wildman–Crippen LogP) is 0.243. The summed E-state index contributed by atoms with van der Waals surface area (Å²) in [5, 5.41) is 10.0. The molecule has 0 saturated carbocycles. The van der Waals surface area contributed by atoms with Crippen molar-refractivity contribution < 1.29 is 19.4 Å². The third kappa shape index (κ3) is 2.02. The third-order valence-corrected chi connectivity index (χ3v) is 2.87. The van der Waals surface area contributed by atoms with Gasteiger partial charge in [0.1, 0.15) is 5.56 Å². The zero-order chi connectivity index (χ0) is 13.3. The number of amides is 1. The molecule has 0 aromatic heterocycles. The summed E-state index contributed by atoms with van der Waals surface area (Å²) >= 11 is 0. The molecule has 6 nitrogen and oxygen atoms in total. The molecule has 3 N–H and O–H groups in total. The van der Waals surface area contributed by atoms with Gasteiger partial charge in [-0.05, 0) is 12.1 Å². The summed E-state index contributed by atoms with van der Waals surface area (Å²) in [4.78, 5) is 24.5. The number of anilines is 1. The summed E-state index contributed by atoms with van der Waals surface area (Å²) in [6.07, 6.45) is 0.238. The molecule has 18 heavy (non-hydrogen) atoms. The number of carbonyl (C=O) groups excluding carboxylic acids is 2. The molecule has 1 heterocycles. The van der Waals surface area contributed by atoms with Crippen LogP contribution in [-0.2, 0) is 9.53 Å². The maximum atomic E-state index is 11.7. The molecule has 0 bridgehead atoms. The number of para-hydroxylation sites is 1. The Bertz CT molecular complexity index is 501. The lowest BCUT2D eigenvalue weighted by atomic mass is 10.1. The Kier molecular flexibility index (Phi) is 3.20. The molecule has 1 aromatic carbocycles. The Morgan fingerprint density at radius 1 is 1.56 bits per heavy atom. The number of ether oxygens (including phenoxy) is 1. The second-order valence-corrected chi connectivity index (χ2v) is 4.13. The lowest BCUT2D eigenvalue weighted by Crippen LogP contribution is -2.28. The van der Waals surface area contributed by atoms with Crippen molar-refractivity contribution in [3.05, 3.63) is 23.8 Å². The zero-order valence-electron chi connectivity index (χ0n) is 9.92. The molecular weight excluding hydrogens is 236 g/mol. The van der Waals surface area contributed by atoms with E-state index in [1.165, 1.54) is 18.1 Å². The van der Waals surface area contributed by atoms with Gasteiger partial charge >= 0.3 is 5.97 Å². The molecule has 0 spiro atoms. The van der Waals surface area contributed by atoms with Crippen LogP contribution in [0.1, 0.15) is 16.8 Å². The van der Waals surface area contributed by atoms with Crippen molar-refractivity contribution >= 4 is 17.6 Å².